The molecule has 4 N–H and O–H groups in total. The summed E-state index contributed by atoms with van der Waals surface area (Å²) in [5.74, 6) is 7.42. The second-order valence-corrected chi connectivity index (χ2v) is 6.57. The lowest BCUT2D eigenvalue weighted by atomic mass is 10.3. The molecule has 1 aromatic heterocycles. The van der Waals surface area contributed by atoms with Gasteiger partial charge in [-0.1, -0.05) is 0 Å². The molecule has 0 radical (unpaired) electrons. The molecule has 0 bridgehead atoms. The molecular formula is C9H14N4O2S2. The van der Waals surface area contributed by atoms with Crippen molar-refractivity contribution in [1.82, 2.24) is 9.71 Å². The Kier molecular flexibility index (Phi) is 3.87. The van der Waals surface area contributed by atoms with Crippen LogP contribution in [0.15, 0.2) is 23.2 Å². The van der Waals surface area contributed by atoms with Crippen molar-refractivity contribution < 1.29 is 8.42 Å². The number of nitrogens with zero attached hydrogens (tertiary/aromatic N) is 1. The summed E-state index contributed by atoms with van der Waals surface area (Å²) in [5.41, 5.74) is 2.35. The average molecular weight is 274 g/mol. The quantitative estimate of drug-likeness (QED) is 0.534. The second kappa shape index (κ2) is 5.21. The highest BCUT2D eigenvalue weighted by molar-refractivity contribution is 7.99. The molecule has 2 heterocycles. The first kappa shape index (κ1) is 12.6. The first-order valence-electron chi connectivity index (χ1n) is 5.14. The highest BCUT2D eigenvalue weighted by Crippen LogP contribution is 2.19. The summed E-state index contributed by atoms with van der Waals surface area (Å²) in [6.07, 6.45) is 2.17. The lowest BCUT2D eigenvalue weighted by Gasteiger charge is -2.11. The number of aromatic nitrogens is 1. The van der Waals surface area contributed by atoms with Crippen LogP contribution in [0.2, 0.25) is 0 Å². The summed E-state index contributed by atoms with van der Waals surface area (Å²) in [4.78, 5) is 4.04. The summed E-state index contributed by atoms with van der Waals surface area (Å²) in [6.45, 7) is 0. The van der Waals surface area contributed by atoms with Crippen molar-refractivity contribution in [3.05, 3.63) is 18.3 Å². The number of anilines is 1. The third-order valence-corrected chi connectivity index (χ3v) is 5.11. The Morgan fingerprint density at radius 1 is 1.47 bits per heavy atom. The molecule has 1 fully saturated rings. The third kappa shape index (κ3) is 3.09. The minimum atomic E-state index is -3.46. The van der Waals surface area contributed by atoms with E-state index in [9.17, 15) is 8.42 Å². The van der Waals surface area contributed by atoms with Crippen LogP contribution in [0, 0.1) is 0 Å². The number of hydrogen-bond acceptors (Lipinski definition) is 6. The fourth-order valence-corrected chi connectivity index (χ4v) is 4.01. The topological polar surface area (TPSA) is 97.1 Å². The van der Waals surface area contributed by atoms with Crippen LogP contribution >= 0.6 is 11.8 Å². The van der Waals surface area contributed by atoms with Gasteiger partial charge < -0.3 is 5.43 Å². The van der Waals surface area contributed by atoms with E-state index in [1.807, 2.05) is 0 Å². The molecule has 1 atom stereocenters. The molecule has 2 rings (SSSR count). The zero-order chi connectivity index (χ0) is 12.3. The summed E-state index contributed by atoms with van der Waals surface area (Å²) in [5, 5.41) is 0. The van der Waals surface area contributed by atoms with Gasteiger partial charge in [0.05, 0.1) is 0 Å². The van der Waals surface area contributed by atoms with Crippen LogP contribution in [-0.2, 0) is 10.0 Å². The van der Waals surface area contributed by atoms with Crippen molar-refractivity contribution in [2.75, 3.05) is 16.9 Å². The number of hydrazine groups is 1. The Bertz CT molecular complexity index is 468. The Hall–Kier alpha value is -0.830. The van der Waals surface area contributed by atoms with Gasteiger partial charge in [-0.15, -0.1) is 0 Å². The number of pyridine rings is 1. The molecule has 0 aliphatic carbocycles. The molecule has 1 aromatic rings. The van der Waals surface area contributed by atoms with Gasteiger partial charge in [-0.3, -0.25) is 0 Å². The molecule has 0 spiro atoms. The first-order chi connectivity index (χ1) is 8.12. The van der Waals surface area contributed by atoms with Crippen LogP contribution in [0.4, 0.5) is 5.82 Å². The molecule has 6 nitrogen and oxygen atoms in total. The summed E-state index contributed by atoms with van der Waals surface area (Å²) in [6, 6.07) is 3.03. The predicted molar refractivity (Wildman–Crippen MR) is 68.1 cm³/mol. The van der Waals surface area contributed by atoms with Gasteiger partial charge in [0, 0.05) is 18.0 Å². The normalized spacial score (nSPS) is 20.4. The van der Waals surface area contributed by atoms with Gasteiger partial charge in [0.25, 0.3) is 0 Å². The fraction of sp³-hybridized carbons (Fsp3) is 0.444. The maximum absolute atomic E-state index is 12.0. The number of thioether (sulfide) groups is 1. The highest BCUT2D eigenvalue weighted by atomic mass is 32.2. The number of sulfonamides is 1. The molecule has 8 heteroatoms. The third-order valence-electron chi connectivity index (χ3n) is 2.45. The van der Waals surface area contributed by atoms with Crippen LogP contribution < -0.4 is 16.0 Å². The van der Waals surface area contributed by atoms with Gasteiger partial charge in [-0.25, -0.2) is 24.0 Å². The van der Waals surface area contributed by atoms with Gasteiger partial charge in [-0.2, -0.15) is 11.8 Å². The van der Waals surface area contributed by atoms with Gasteiger partial charge in [-0.05, 0) is 24.3 Å². The van der Waals surface area contributed by atoms with E-state index < -0.39 is 10.0 Å². The van der Waals surface area contributed by atoms with Crippen LogP contribution in [0.1, 0.15) is 6.42 Å². The first-order valence-corrected chi connectivity index (χ1v) is 7.78. The van der Waals surface area contributed by atoms with E-state index in [1.54, 1.807) is 11.8 Å². The molecule has 1 unspecified atom stereocenters. The van der Waals surface area contributed by atoms with Crippen LogP contribution in [0.3, 0.4) is 0 Å². The van der Waals surface area contributed by atoms with Gasteiger partial charge in [0.2, 0.25) is 10.0 Å². The lowest BCUT2D eigenvalue weighted by Crippen LogP contribution is -2.34. The Balaban J connectivity index is 2.12. The second-order valence-electron chi connectivity index (χ2n) is 3.71. The van der Waals surface area contributed by atoms with Crippen molar-refractivity contribution in [1.29, 1.82) is 0 Å². The van der Waals surface area contributed by atoms with Crippen LogP contribution in [-0.4, -0.2) is 30.9 Å². The zero-order valence-electron chi connectivity index (χ0n) is 9.09. The van der Waals surface area contributed by atoms with Gasteiger partial charge >= 0.3 is 0 Å². The van der Waals surface area contributed by atoms with Crippen molar-refractivity contribution in [3.63, 3.8) is 0 Å². The minimum Gasteiger partial charge on any atom is -0.308 e. The molecule has 17 heavy (non-hydrogen) atoms. The summed E-state index contributed by atoms with van der Waals surface area (Å²) >= 11 is 1.76. The smallest absolute Gasteiger partial charge is 0.242 e. The van der Waals surface area contributed by atoms with Crippen LogP contribution in [0.5, 0.6) is 0 Å². The van der Waals surface area contributed by atoms with Gasteiger partial charge in [0.1, 0.15) is 10.7 Å². The standard InChI is InChI=1S/C9H14N4O2S2/c10-12-9-2-1-8(5-11-9)17(14,15)13-7-3-4-16-6-7/h1-2,5,7,13H,3-4,6,10H2,(H,11,12). The van der Waals surface area contributed by atoms with E-state index in [2.05, 4.69) is 15.1 Å². The van der Waals surface area contributed by atoms with E-state index in [0.29, 0.717) is 5.82 Å². The molecule has 0 aromatic carbocycles. The largest absolute Gasteiger partial charge is 0.308 e. The molecular weight excluding hydrogens is 260 g/mol. The highest BCUT2D eigenvalue weighted by Gasteiger charge is 2.23. The monoisotopic (exact) mass is 274 g/mol. The molecule has 94 valence electrons. The fourth-order valence-electron chi connectivity index (χ4n) is 1.54. The van der Waals surface area contributed by atoms with Crippen molar-refractivity contribution >= 4 is 27.6 Å². The van der Waals surface area contributed by atoms with Crippen molar-refractivity contribution in [2.24, 2.45) is 5.84 Å². The van der Waals surface area contributed by atoms with Crippen molar-refractivity contribution in [3.8, 4) is 0 Å². The molecule has 0 saturated carbocycles. The Morgan fingerprint density at radius 3 is 2.82 bits per heavy atom. The van der Waals surface area contributed by atoms with E-state index in [1.165, 1.54) is 18.3 Å². The van der Waals surface area contributed by atoms with Gasteiger partial charge in [0.15, 0.2) is 0 Å². The maximum atomic E-state index is 12.0. The lowest BCUT2D eigenvalue weighted by molar-refractivity contribution is 0.563. The van der Waals surface area contributed by atoms with E-state index in [-0.39, 0.29) is 10.9 Å². The van der Waals surface area contributed by atoms with E-state index in [0.717, 1.165) is 17.9 Å². The molecule has 1 aliphatic heterocycles. The SMILES string of the molecule is NNc1ccc(S(=O)(=O)NC2CCSC2)cn1. The summed E-state index contributed by atoms with van der Waals surface area (Å²) in [7, 11) is -3.46. The average Bonchev–Trinajstić information content (AvgIpc) is 2.81. The van der Waals surface area contributed by atoms with E-state index in [4.69, 9.17) is 5.84 Å². The summed E-state index contributed by atoms with van der Waals surface area (Å²) < 4.78 is 26.6. The minimum absolute atomic E-state index is 0.0253. The number of nitrogen functional groups attached to an aromatic ring is 1. The number of nitrogens with one attached hydrogen (secondary N) is 2. The molecule has 1 aliphatic rings. The zero-order valence-corrected chi connectivity index (χ0v) is 10.7. The predicted octanol–water partition coefficient (Wildman–Crippen LogP) is 0.151. The molecule has 1 saturated heterocycles. The number of nitrogens with two attached hydrogens (primary N) is 1. The maximum Gasteiger partial charge on any atom is 0.242 e. The number of rotatable bonds is 4. The van der Waals surface area contributed by atoms with E-state index >= 15 is 0 Å². The number of hydrogen-bond donors (Lipinski definition) is 3. The van der Waals surface area contributed by atoms with Crippen molar-refractivity contribution in [2.45, 2.75) is 17.4 Å². The Labute approximate surface area is 104 Å². The Morgan fingerprint density at radius 2 is 2.29 bits per heavy atom. The van der Waals surface area contributed by atoms with Crippen LogP contribution in [0.25, 0.3) is 0 Å². The molecule has 0 amide bonds.